The second-order valence-electron chi connectivity index (χ2n) is 8.56. The molecule has 0 bridgehead atoms. The van der Waals surface area contributed by atoms with E-state index in [2.05, 4.69) is 37.0 Å². The van der Waals surface area contributed by atoms with E-state index in [1.165, 1.54) is 4.68 Å². The SMILES string of the molecule is CCOc1cc(C=Nn2c(-c3ccccc3)nc3ccccc3c2=O)c(Br)c(Br)c1OCc1ccc(Cl)cc1Cl. The first-order chi connectivity index (χ1) is 19.4. The van der Waals surface area contributed by atoms with E-state index in [1.807, 2.05) is 55.5 Å². The Bertz CT molecular complexity index is 1790. The van der Waals surface area contributed by atoms with Crippen molar-refractivity contribution < 1.29 is 9.47 Å². The minimum Gasteiger partial charge on any atom is -0.490 e. The van der Waals surface area contributed by atoms with Gasteiger partial charge in [-0.3, -0.25) is 4.79 Å². The highest BCUT2D eigenvalue weighted by molar-refractivity contribution is 9.13. The normalized spacial score (nSPS) is 11.3. The van der Waals surface area contributed by atoms with E-state index < -0.39 is 0 Å². The molecule has 0 unspecified atom stereocenters. The maximum Gasteiger partial charge on any atom is 0.282 e. The fourth-order valence-electron chi connectivity index (χ4n) is 4.01. The third-order valence-electron chi connectivity index (χ3n) is 5.94. The van der Waals surface area contributed by atoms with Crippen LogP contribution in [0.15, 0.2) is 97.7 Å². The summed E-state index contributed by atoms with van der Waals surface area (Å²) in [5.41, 5.74) is 2.52. The first-order valence-corrected chi connectivity index (χ1v) is 14.5. The molecular formula is C30H21Br2Cl2N3O3. The number of benzene rings is 4. The van der Waals surface area contributed by atoms with Crippen molar-refractivity contribution in [2.45, 2.75) is 13.5 Å². The Hall–Kier alpha value is -3.17. The second kappa shape index (κ2) is 12.6. The molecule has 6 nitrogen and oxygen atoms in total. The van der Waals surface area contributed by atoms with E-state index in [0.29, 0.717) is 59.4 Å². The molecule has 0 N–H and O–H groups in total. The van der Waals surface area contributed by atoms with Crippen molar-refractivity contribution in [3.05, 3.63) is 119 Å². The Labute approximate surface area is 257 Å². The quantitative estimate of drug-likeness (QED) is 0.152. The van der Waals surface area contributed by atoms with Crippen molar-refractivity contribution >= 4 is 72.2 Å². The van der Waals surface area contributed by atoms with Crippen LogP contribution in [0.5, 0.6) is 11.5 Å². The molecule has 1 heterocycles. The molecule has 202 valence electrons. The van der Waals surface area contributed by atoms with Crippen molar-refractivity contribution in [1.29, 1.82) is 0 Å². The van der Waals surface area contributed by atoms with Gasteiger partial charge in [-0.1, -0.05) is 71.7 Å². The van der Waals surface area contributed by atoms with Crippen molar-refractivity contribution in [2.24, 2.45) is 5.10 Å². The van der Waals surface area contributed by atoms with Crippen molar-refractivity contribution in [2.75, 3.05) is 6.61 Å². The summed E-state index contributed by atoms with van der Waals surface area (Å²) in [5.74, 6) is 1.42. The summed E-state index contributed by atoms with van der Waals surface area (Å²) >= 11 is 19.6. The van der Waals surface area contributed by atoms with Gasteiger partial charge in [-0.05, 0) is 69.1 Å². The van der Waals surface area contributed by atoms with Gasteiger partial charge in [0.25, 0.3) is 5.56 Å². The van der Waals surface area contributed by atoms with Crippen LogP contribution in [0.4, 0.5) is 0 Å². The Morgan fingerprint density at radius 3 is 2.45 bits per heavy atom. The average molecular weight is 702 g/mol. The van der Waals surface area contributed by atoms with Crippen LogP contribution >= 0.6 is 55.1 Å². The summed E-state index contributed by atoms with van der Waals surface area (Å²) < 4.78 is 14.6. The van der Waals surface area contributed by atoms with E-state index in [-0.39, 0.29) is 12.2 Å². The predicted octanol–water partition coefficient (Wildman–Crippen LogP) is 8.76. The molecule has 0 aliphatic heterocycles. The number of fused-ring (bicyclic) bond motifs is 1. The van der Waals surface area contributed by atoms with E-state index >= 15 is 0 Å². The molecule has 0 amide bonds. The number of ether oxygens (including phenoxy) is 2. The van der Waals surface area contributed by atoms with Crippen molar-refractivity contribution in [3.8, 4) is 22.9 Å². The molecule has 0 atom stereocenters. The van der Waals surface area contributed by atoms with Gasteiger partial charge in [-0.2, -0.15) is 9.78 Å². The fraction of sp³-hybridized carbons (Fsp3) is 0.100. The third-order valence-corrected chi connectivity index (χ3v) is 8.67. The van der Waals surface area contributed by atoms with Crippen LogP contribution in [0, 0.1) is 0 Å². The number of aromatic nitrogens is 2. The highest BCUT2D eigenvalue weighted by Gasteiger charge is 2.18. The Kier molecular flexibility index (Phi) is 8.90. The summed E-state index contributed by atoms with van der Waals surface area (Å²) in [6.07, 6.45) is 1.58. The van der Waals surface area contributed by atoms with Crippen molar-refractivity contribution in [3.63, 3.8) is 0 Å². The predicted molar refractivity (Wildman–Crippen MR) is 168 cm³/mol. The third kappa shape index (κ3) is 5.95. The lowest BCUT2D eigenvalue weighted by molar-refractivity contribution is 0.267. The molecule has 5 aromatic rings. The molecule has 0 saturated heterocycles. The fourth-order valence-corrected chi connectivity index (χ4v) is 5.41. The van der Waals surface area contributed by atoms with Crippen LogP contribution in [0.3, 0.4) is 0 Å². The average Bonchev–Trinajstić information content (AvgIpc) is 2.96. The van der Waals surface area contributed by atoms with Crippen LogP contribution in [-0.2, 0) is 6.61 Å². The monoisotopic (exact) mass is 699 g/mol. The van der Waals surface area contributed by atoms with Gasteiger partial charge in [0.15, 0.2) is 17.3 Å². The molecule has 1 aromatic heterocycles. The molecule has 4 aromatic carbocycles. The maximum absolute atomic E-state index is 13.5. The number of halogens is 4. The van der Waals surface area contributed by atoms with Crippen LogP contribution in [-0.4, -0.2) is 22.5 Å². The van der Waals surface area contributed by atoms with Gasteiger partial charge in [0.1, 0.15) is 6.61 Å². The lowest BCUT2D eigenvalue weighted by atomic mass is 10.2. The second-order valence-corrected chi connectivity index (χ2v) is 11.0. The number of rotatable bonds is 8. The summed E-state index contributed by atoms with van der Waals surface area (Å²) in [7, 11) is 0. The van der Waals surface area contributed by atoms with Gasteiger partial charge in [0, 0.05) is 31.2 Å². The van der Waals surface area contributed by atoms with Crippen LogP contribution in [0.2, 0.25) is 10.0 Å². The molecule has 0 aliphatic carbocycles. The highest BCUT2D eigenvalue weighted by atomic mass is 79.9. The molecular weight excluding hydrogens is 681 g/mol. The number of para-hydroxylation sites is 1. The first kappa shape index (κ1) is 28.4. The van der Waals surface area contributed by atoms with Gasteiger partial charge in [0.2, 0.25) is 0 Å². The molecule has 40 heavy (non-hydrogen) atoms. The Morgan fingerprint density at radius 1 is 0.950 bits per heavy atom. The molecule has 0 radical (unpaired) electrons. The molecule has 5 rings (SSSR count). The smallest absolute Gasteiger partial charge is 0.282 e. The summed E-state index contributed by atoms with van der Waals surface area (Å²) in [6, 6.07) is 23.7. The van der Waals surface area contributed by atoms with Crippen LogP contribution in [0.1, 0.15) is 18.1 Å². The zero-order valence-electron chi connectivity index (χ0n) is 21.1. The molecule has 0 aliphatic rings. The number of nitrogens with zero attached hydrogens (tertiary/aromatic N) is 3. The Morgan fingerprint density at radius 2 is 1.70 bits per heavy atom. The standard InChI is InChI=1S/C30H21Br2Cl2N3O3/c1-2-39-25-14-20(26(31)27(32)28(25)40-17-19-12-13-21(33)15-23(19)34)16-35-37-29(18-8-4-3-5-9-18)36-24-11-7-6-10-22(24)30(37)38/h3-16H,2,17H2,1H3. The Balaban J connectivity index is 1.56. The van der Waals surface area contributed by atoms with E-state index in [0.717, 1.165) is 11.1 Å². The highest BCUT2D eigenvalue weighted by Crippen LogP contribution is 2.43. The number of hydrogen-bond donors (Lipinski definition) is 0. The minimum absolute atomic E-state index is 0.202. The first-order valence-electron chi connectivity index (χ1n) is 12.2. The zero-order chi connectivity index (χ0) is 28.2. The van der Waals surface area contributed by atoms with E-state index in [9.17, 15) is 4.79 Å². The van der Waals surface area contributed by atoms with Crippen molar-refractivity contribution in [1.82, 2.24) is 9.66 Å². The topological polar surface area (TPSA) is 65.7 Å². The van der Waals surface area contributed by atoms with Gasteiger partial charge in [-0.25, -0.2) is 4.98 Å². The summed E-state index contributed by atoms with van der Waals surface area (Å²) in [5, 5.41) is 6.12. The largest absolute Gasteiger partial charge is 0.490 e. The molecule has 0 saturated carbocycles. The maximum atomic E-state index is 13.5. The van der Waals surface area contributed by atoms with Gasteiger partial charge in [0.05, 0.1) is 28.2 Å². The summed E-state index contributed by atoms with van der Waals surface area (Å²) in [4.78, 5) is 18.3. The van der Waals surface area contributed by atoms with Crippen LogP contribution in [0.25, 0.3) is 22.3 Å². The minimum atomic E-state index is -0.277. The summed E-state index contributed by atoms with van der Waals surface area (Å²) in [6.45, 7) is 2.50. The van der Waals surface area contributed by atoms with E-state index in [4.69, 9.17) is 37.7 Å². The van der Waals surface area contributed by atoms with Gasteiger partial charge in [-0.15, -0.1) is 0 Å². The van der Waals surface area contributed by atoms with Gasteiger partial charge < -0.3 is 9.47 Å². The van der Waals surface area contributed by atoms with E-state index in [1.54, 1.807) is 36.5 Å². The van der Waals surface area contributed by atoms with Gasteiger partial charge >= 0.3 is 0 Å². The lowest BCUT2D eigenvalue weighted by Gasteiger charge is -2.17. The number of hydrogen-bond acceptors (Lipinski definition) is 5. The molecule has 0 fully saturated rings. The zero-order valence-corrected chi connectivity index (χ0v) is 25.8. The lowest BCUT2D eigenvalue weighted by Crippen LogP contribution is -2.20. The molecule has 10 heteroatoms. The molecule has 0 spiro atoms. The van der Waals surface area contributed by atoms with Crippen LogP contribution < -0.4 is 15.0 Å².